The predicted octanol–water partition coefficient (Wildman–Crippen LogP) is 0.258. The molecule has 3 amide bonds. The quantitative estimate of drug-likeness (QED) is 0.777. The molecule has 1 aliphatic carbocycles. The van der Waals surface area contributed by atoms with E-state index in [-0.39, 0.29) is 18.4 Å². The van der Waals surface area contributed by atoms with Crippen LogP contribution < -0.4 is 5.32 Å². The molecule has 2 rings (SSSR count). The molecule has 7 nitrogen and oxygen atoms in total. The molecule has 0 atom stereocenters. The maximum absolute atomic E-state index is 12.2. The first kappa shape index (κ1) is 14.6. The van der Waals surface area contributed by atoms with Gasteiger partial charge in [0, 0.05) is 33.1 Å². The zero-order valence-electron chi connectivity index (χ0n) is 11.7. The van der Waals surface area contributed by atoms with E-state index in [1.807, 2.05) is 0 Å². The van der Waals surface area contributed by atoms with Crippen molar-refractivity contribution in [1.82, 2.24) is 15.1 Å². The van der Waals surface area contributed by atoms with E-state index >= 15 is 0 Å². The van der Waals surface area contributed by atoms with Crippen LogP contribution in [0.2, 0.25) is 0 Å². The lowest BCUT2D eigenvalue weighted by Gasteiger charge is -2.43. The summed E-state index contributed by atoms with van der Waals surface area (Å²) in [5.74, 6) is -0.863. The summed E-state index contributed by atoms with van der Waals surface area (Å²) in [5, 5.41) is 11.8. The summed E-state index contributed by atoms with van der Waals surface area (Å²) in [7, 11) is 0. The Morgan fingerprint density at radius 1 is 1.10 bits per heavy atom. The highest BCUT2D eigenvalue weighted by atomic mass is 16.4. The Hall–Kier alpha value is -1.79. The van der Waals surface area contributed by atoms with Gasteiger partial charge in [-0.2, -0.15) is 0 Å². The number of nitrogens with one attached hydrogen (secondary N) is 1. The number of urea groups is 1. The van der Waals surface area contributed by atoms with Gasteiger partial charge in [0.2, 0.25) is 5.91 Å². The maximum atomic E-state index is 12.2. The number of amides is 3. The van der Waals surface area contributed by atoms with Crippen LogP contribution >= 0.6 is 0 Å². The molecule has 7 heteroatoms. The monoisotopic (exact) mass is 283 g/mol. The van der Waals surface area contributed by atoms with Gasteiger partial charge in [-0.05, 0) is 19.3 Å². The van der Waals surface area contributed by atoms with Crippen molar-refractivity contribution in [2.45, 2.75) is 38.1 Å². The van der Waals surface area contributed by atoms with Crippen LogP contribution in [0.4, 0.5) is 4.79 Å². The number of nitrogens with zero attached hydrogens (tertiary/aromatic N) is 2. The van der Waals surface area contributed by atoms with Gasteiger partial charge in [0.05, 0.1) is 12.0 Å². The second kappa shape index (κ2) is 5.68. The zero-order valence-corrected chi connectivity index (χ0v) is 11.7. The molecule has 1 saturated heterocycles. The number of carbonyl (C=O) groups is 3. The van der Waals surface area contributed by atoms with E-state index in [9.17, 15) is 14.4 Å². The van der Waals surface area contributed by atoms with Gasteiger partial charge in [0.25, 0.3) is 0 Å². The van der Waals surface area contributed by atoms with E-state index in [4.69, 9.17) is 5.11 Å². The minimum Gasteiger partial charge on any atom is -0.481 e. The third-order valence-electron chi connectivity index (χ3n) is 4.18. The van der Waals surface area contributed by atoms with E-state index in [1.165, 1.54) is 6.92 Å². The topological polar surface area (TPSA) is 90.0 Å². The minimum absolute atomic E-state index is 0.0198. The molecule has 0 radical (unpaired) electrons. The molecule has 112 valence electrons. The maximum Gasteiger partial charge on any atom is 0.317 e. The van der Waals surface area contributed by atoms with Gasteiger partial charge in [-0.25, -0.2) is 4.79 Å². The van der Waals surface area contributed by atoms with Gasteiger partial charge in [0.1, 0.15) is 0 Å². The Morgan fingerprint density at radius 3 is 2.05 bits per heavy atom. The van der Waals surface area contributed by atoms with Crippen LogP contribution in [-0.2, 0) is 9.59 Å². The van der Waals surface area contributed by atoms with E-state index in [0.29, 0.717) is 26.2 Å². The van der Waals surface area contributed by atoms with Crippen molar-refractivity contribution >= 4 is 17.9 Å². The van der Waals surface area contributed by atoms with Crippen LogP contribution in [0.1, 0.15) is 32.6 Å². The van der Waals surface area contributed by atoms with Crippen molar-refractivity contribution < 1.29 is 19.5 Å². The van der Waals surface area contributed by atoms with E-state index in [0.717, 1.165) is 19.3 Å². The number of piperazine rings is 1. The van der Waals surface area contributed by atoms with Gasteiger partial charge in [-0.1, -0.05) is 0 Å². The van der Waals surface area contributed by atoms with Crippen LogP contribution in [0.3, 0.4) is 0 Å². The molecule has 1 saturated carbocycles. The molecule has 0 aromatic rings. The van der Waals surface area contributed by atoms with Crippen molar-refractivity contribution in [1.29, 1.82) is 0 Å². The first-order valence-corrected chi connectivity index (χ1v) is 6.96. The highest BCUT2D eigenvalue weighted by Gasteiger charge is 2.41. The molecular formula is C13H21N3O4. The van der Waals surface area contributed by atoms with Crippen molar-refractivity contribution in [3.05, 3.63) is 0 Å². The van der Waals surface area contributed by atoms with Crippen LogP contribution in [0.15, 0.2) is 0 Å². The van der Waals surface area contributed by atoms with Crippen LogP contribution in [0.5, 0.6) is 0 Å². The van der Waals surface area contributed by atoms with E-state index < -0.39 is 11.5 Å². The highest BCUT2D eigenvalue weighted by Crippen LogP contribution is 2.35. The molecule has 0 unspecified atom stereocenters. The molecular weight excluding hydrogens is 262 g/mol. The molecule has 2 fully saturated rings. The summed E-state index contributed by atoms with van der Waals surface area (Å²) in [4.78, 5) is 37.6. The molecule has 1 heterocycles. The Kier molecular flexibility index (Phi) is 4.15. The van der Waals surface area contributed by atoms with Gasteiger partial charge in [-0.3, -0.25) is 9.59 Å². The number of hydrogen-bond donors (Lipinski definition) is 2. The fourth-order valence-corrected chi connectivity index (χ4v) is 2.77. The first-order valence-electron chi connectivity index (χ1n) is 6.96. The summed E-state index contributed by atoms with van der Waals surface area (Å²) in [6, 6.07) is -0.214. The number of hydrogen-bond acceptors (Lipinski definition) is 3. The smallest absolute Gasteiger partial charge is 0.317 e. The van der Waals surface area contributed by atoms with Gasteiger partial charge >= 0.3 is 12.0 Å². The third-order valence-corrected chi connectivity index (χ3v) is 4.18. The Labute approximate surface area is 117 Å². The minimum atomic E-state index is -0.883. The second-order valence-corrected chi connectivity index (χ2v) is 5.63. The fraction of sp³-hybridized carbons (Fsp3) is 0.769. The summed E-state index contributed by atoms with van der Waals surface area (Å²) < 4.78 is 0. The second-order valence-electron chi connectivity index (χ2n) is 5.63. The Balaban J connectivity index is 1.86. The average Bonchev–Trinajstić information content (AvgIpc) is 2.35. The van der Waals surface area contributed by atoms with Gasteiger partial charge in [-0.15, -0.1) is 0 Å². The van der Waals surface area contributed by atoms with Gasteiger partial charge < -0.3 is 20.2 Å². The third kappa shape index (κ3) is 3.20. The normalized spacial score (nSPS) is 21.1. The van der Waals surface area contributed by atoms with E-state index in [2.05, 4.69) is 5.32 Å². The number of carbonyl (C=O) groups excluding carboxylic acids is 2. The lowest BCUT2D eigenvalue weighted by atomic mass is 9.74. The fourth-order valence-electron chi connectivity index (χ4n) is 2.77. The molecule has 20 heavy (non-hydrogen) atoms. The number of rotatable bonds is 3. The molecule has 0 spiro atoms. The Bertz CT molecular complexity index is 412. The van der Waals surface area contributed by atoms with Crippen LogP contribution in [0.25, 0.3) is 0 Å². The van der Waals surface area contributed by atoms with Crippen molar-refractivity contribution in [3.8, 4) is 0 Å². The van der Waals surface area contributed by atoms with Crippen molar-refractivity contribution in [2.75, 3.05) is 26.2 Å². The van der Waals surface area contributed by atoms with Gasteiger partial charge in [0.15, 0.2) is 0 Å². The first-order chi connectivity index (χ1) is 9.42. The number of carboxylic acids is 1. The summed E-state index contributed by atoms with van der Waals surface area (Å²) in [5.41, 5.74) is -0.569. The van der Waals surface area contributed by atoms with E-state index in [1.54, 1.807) is 9.80 Å². The van der Waals surface area contributed by atoms with Crippen molar-refractivity contribution in [3.63, 3.8) is 0 Å². The molecule has 2 aliphatic rings. The highest BCUT2D eigenvalue weighted by molar-refractivity contribution is 5.78. The lowest BCUT2D eigenvalue weighted by molar-refractivity contribution is -0.139. The molecule has 2 N–H and O–H groups in total. The zero-order chi connectivity index (χ0) is 14.8. The molecule has 0 aromatic carbocycles. The Morgan fingerprint density at radius 2 is 1.65 bits per heavy atom. The summed E-state index contributed by atoms with van der Waals surface area (Å²) in [6.45, 7) is 3.58. The molecule has 0 aromatic heterocycles. The molecule has 0 bridgehead atoms. The largest absolute Gasteiger partial charge is 0.481 e. The average molecular weight is 283 g/mol. The SMILES string of the molecule is CC(=O)N1CCN(C(=O)NC2(CC(=O)O)CCC2)CC1. The summed E-state index contributed by atoms with van der Waals surface area (Å²) in [6.07, 6.45) is 2.37. The van der Waals surface area contributed by atoms with Crippen LogP contribution in [0, 0.1) is 0 Å². The van der Waals surface area contributed by atoms with Crippen LogP contribution in [-0.4, -0.2) is 64.5 Å². The molecule has 1 aliphatic heterocycles. The predicted molar refractivity (Wildman–Crippen MR) is 71.2 cm³/mol. The standard InChI is InChI=1S/C13H21N3O4/c1-10(17)15-5-7-16(8-6-15)12(20)14-13(3-2-4-13)9-11(18)19/h2-9H2,1H3,(H,14,20)(H,18,19). The number of aliphatic carboxylic acids is 1. The summed E-state index contributed by atoms with van der Waals surface area (Å²) >= 11 is 0. The van der Waals surface area contributed by atoms with Crippen molar-refractivity contribution in [2.24, 2.45) is 0 Å². The lowest BCUT2D eigenvalue weighted by Crippen LogP contribution is -2.60. The number of carboxylic acid groups (broad SMARTS) is 1.